The Labute approximate surface area is 227 Å². The number of halogens is 1. The number of ketones is 1. The number of benzene rings is 3. The zero-order chi connectivity index (χ0) is 27.8. The first-order chi connectivity index (χ1) is 18.8. The molecule has 0 radical (unpaired) electrons. The minimum atomic E-state index is -1.05. The van der Waals surface area contributed by atoms with Crippen LogP contribution in [0.2, 0.25) is 5.02 Å². The number of esters is 1. The number of Topliss-reactive ketones (excluding diaryl/α,β-unsaturated/α-hetero) is 1. The van der Waals surface area contributed by atoms with Gasteiger partial charge in [-0.25, -0.2) is 4.79 Å². The lowest BCUT2D eigenvalue weighted by atomic mass is 9.94. The summed E-state index contributed by atoms with van der Waals surface area (Å²) in [6.07, 6.45) is 0. The molecule has 5 rings (SSSR count). The molecule has 0 saturated heterocycles. The molecular formula is C29H22ClNO8. The van der Waals surface area contributed by atoms with Crippen molar-refractivity contribution in [2.45, 2.75) is 6.04 Å². The molecule has 9 nitrogen and oxygen atoms in total. The Morgan fingerprint density at radius 3 is 2.38 bits per heavy atom. The first-order valence-corrected chi connectivity index (χ1v) is 12.1. The van der Waals surface area contributed by atoms with Crippen molar-refractivity contribution in [1.29, 1.82) is 0 Å². The summed E-state index contributed by atoms with van der Waals surface area (Å²) in [6.45, 7) is 0. The van der Waals surface area contributed by atoms with Gasteiger partial charge in [0.15, 0.2) is 22.9 Å². The molecule has 3 aromatic carbocycles. The van der Waals surface area contributed by atoms with Gasteiger partial charge in [-0.15, -0.1) is 0 Å². The zero-order valence-electron chi connectivity index (χ0n) is 21.1. The van der Waals surface area contributed by atoms with Crippen LogP contribution in [0.25, 0.3) is 11.0 Å². The number of methoxy groups -OCH3 is 3. The minimum absolute atomic E-state index is 0.122. The second-order valence-corrected chi connectivity index (χ2v) is 9.06. The van der Waals surface area contributed by atoms with Crippen molar-refractivity contribution >= 4 is 45.9 Å². The molecule has 1 atom stereocenters. The summed E-state index contributed by atoms with van der Waals surface area (Å²) < 4.78 is 21.2. The SMILES string of the molecule is COC(=O)c1cccc(N2C(=O)C(O)=C(C(=O)c3cc4cc(Cl)cc(OC)c4o3)C2c2ccc(OC)cc2)c1. The fraction of sp³-hybridized carbons (Fsp3) is 0.138. The van der Waals surface area contributed by atoms with Crippen LogP contribution in [-0.4, -0.2) is 44.1 Å². The van der Waals surface area contributed by atoms with Gasteiger partial charge in [-0.3, -0.25) is 14.5 Å². The average Bonchev–Trinajstić information content (AvgIpc) is 3.50. The van der Waals surface area contributed by atoms with Crippen LogP contribution in [0.4, 0.5) is 5.69 Å². The smallest absolute Gasteiger partial charge is 0.337 e. The van der Waals surface area contributed by atoms with Crippen molar-refractivity contribution < 1.29 is 38.1 Å². The number of hydrogen-bond acceptors (Lipinski definition) is 8. The summed E-state index contributed by atoms with van der Waals surface area (Å²) >= 11 is 6.17. The van der Waals surface area contributed by atoms with E-state index in [0.717, 1.165) is 0 Å². The average molecular weight is 548 g/mol. The normalized spacial score (nSPS) is 15.1. The Bertz CT molecular complexity index is 1650. The third-order valence-corrected chi connectivity index (χ3v) is 6.64. The molecule has 0 spiro atoms. The van der Waals surface area contributed by atoms with E-state index < -0.39 is 29.5 Å². The van der Waals surface area contributed by atoms with Gasteiger partial charge >= 0.3 is 5.97 Å². The second-order valence-electron chi connectivity index (χ2n) is 8.62. The first-order valence-electron chi connectivity index (χ1n) is 11.7. The lowest BCUT2D eigenvalue weighted by Gasteiger charge is -2.27. The Morgan fingerprint density at radius 1 is 0.974 bits per heavy atom. The molecule has 2 heterocycles. The number of furan rings is 1. The molecule has 10 heteroatoms. The predicted molar refractivity (Wildman–Crippen MR) is 143 cm³/mol. The Kier molecular flexibility index (Phi) is 6.76. The monoisotopic (exact) mass is 547 g/mol. The number of aliphatic hydroxyl groups is 1. The van der Waals surface area contributed by atoms with Crippen molar-refractivity contribution in [3.8, 4) is 11.5 Å². The number of fused-ring (bicyclic) bond motifs is 1. The highest BCUT2D eigenvalue weighted by Crippen LogP contribution is 2.43. The van der Waals surface area contributed by atoms with E-state index >= 15 is 0 Å². The van der Waals surface area contributed by atoms with Gasteiger partial charge in [-0.1, -0.05) is 29.8 Å². The number of carbonyl (C=O) groups excluding carboxylic acids is 3. The summed E-state index contributed by atoms with van der Waals surface area (Å²) in [4.78, 5) is 40.8. The van der Waals surface area contributed by atoms with E-state index in [-0.39, 0.29) is 22.6 Å². The predicted octanol–water partition coefficient (Wildman–Crippen LogP) is 5.67. The summed E-state index contributed by atoms with van der Waals surface area (Å²) in [5.74, 6) is -2.11. The summed E-state index contributed by atoms with van der Waals surface area (Å²) in [5, 5.41) is 12.0. The van der Waals surface area contributed by atoms with Crippen molar-refractivity contribution in [2.24, 2.45) is 0 Å². The number of aliphatic hydroxyl groups excluding tert-OH is 1. The van der Waals surface area contributed by atoms with Gasteiger partial charge in [-0.05, 0) is 48.0 Å². The van der Waals surface area contributed by atoms with Crippen LogP contribution in [0.15, 0.2) is 82.5 Å². The maximum atomic E-state index is 13.9. The second kappa shape index (κ2) is 10.2. The number of rotatable bonds is 7. The largest absolute Gasteiger partial charge is 0.503 e. The van der Waals surface area contributed by atoms with Gasteiger partial charge in [0.25, 0.3) is 5.91 Å². The molecular weight excluding hydrogens is 526 g/mol. The van der Waals surface area contributed by atoms with Gasteiger partial charge in [0.05, 0.1) is 38.5 Å². The van der Waals surface area contributed by atoms with Crippen molar-refractivity contribution in [3.05, 3.63) is 100.0 Å². The van der Waals surface area contributed by atoms with E-state index in [1.165, 1.54) is 44.4 Å². The zero-order valence-corrected chi connectivity index (χ0v) is 21.8. The maximum absolute atomic E-state index is 13.9. The number of nitrogens with zero attached hydrogens (tertiary/aromatic N) is 1. The molecule has 1 aliphatic rings. The molecule has 1 aliphatic heterocycles. The molecule has 1 N–H and O–H groups in total. The quantitative estimate of drug-likeness (QED) is 0.232. The molecule has 39 heavy (non-hydrogen) atoms. The molecule has 0 fully saturated rings. The highest BCUT2D eigenvalue weighted by molar-refractivity contribution is 6.31. The fourth-order valence-corrected chi connectivity index (χ4v) is 4.80. The molecule has 198 valence electrons. The van der Waals surface area contributed by atoms with Crippen molar-refractivity contribution in [1.82, 2.24) is 0 Å². The first kappa shape index (κ1) is 25.9. The minimum Gasteiger partial charge on any atom is -0.503 e. The highest BCUT2D eigenvalue weighted by atomic mass is 35.5. The Balaban J connectivity index is 1.66. The van der Waals surface area contributed by atoms with Gasteiger partial charge < -0.3 is 23.7 Å². The lowest BCUT2D eigenvalue weighted by Crippen LogP contribution is -2.31. The number of hydrogen-bond donors (Lipinski definition) is 1. The number of anilines is 1. The molecule has 0 saturated carbocycles. The van der Waals surface area contributed by atoms with Gasteiger partial charge in [-0.2, -0.15) is 0 Å². The molecule has 1 unspecified atom stereocenters. The Hall–Kier alpha value is -4.76. The number of amides is 1. The fourth-order valence-electron chi connectivity index (χ4n) is 4.59. The summed E-state index contributed by atoms with van der Waals surface area (Å²) in [6, 6.07) is 16.4. The van der Waals surface area contributed by atoms with E-state index in [2.05, 4.69) is 0 Å². The summed E-state index contributed by atoms with van der Waals surface area (Å²) in [7, 11) is 4.20. The highest BCUT2D eigenvalue weighted by Gasteiger charge is 2.45. The van der Waals surface area contributed by atoms with Gasteiger partial charge in [0.2, 0.25) is 5.78 Å². The van der Waals surface area contributed by atoms with Crippen LogP contribution in [0.1, 0.15) is 32.5 Å². The lowest BCUT2D eigenvalue weighted by molar-refractivity contribution is -0.117. The molecule has 1 amide bonds. The van der Waals surface area contributed by atoms with E-state index in [1.807, 2.05) is 0 Å². The van der Waals surface area contributed by atoms with Gasteiger partial charge in [0, 0.05) is 22.2 Å². The molecule has 0 bridgehead atoms. The van der Waals surface area contributed by atoms with Gasteiger partial charge in [0.1, 0.15) is 5.75 Å². The Morgan fingerprint density at radius 2 is 1.72 bits per heavy atom. The van der Waals surface area contributed by atoms with Crippen molar-refractivity contribution in [3.63, 3.8) is 0 Å². The molecule has 0 aliphatic carbocycles. The van der Waals surface area contributed by atoms with Crippen LogP contribution in [0, 0.1) is 0 Å². The standard InChI is InChI=1S/C29H22ClNO8/c1-36-20-9-7-15(8-10-20)24-23(25(32)21-13-17-11-18(30)14-22(37-2)27(17)39-21)26(33)28(34)31(24)19-6-4-5-16(12-19)29(35)38-3/h4-14,24,33H,1-3H3. The van der Waals surface area contributed by atoms with Crippen LogP contribution in [0.3, 0.4) is 0 Å². The summed E-state index contributed by atoms with van der Waals surface area (Å²) in [5.41, 5.74) is 1.07. The topological polar surface area (TPSA) is 116 Å². The van der Waals surface area contributed by atoms with Crippen LogP contribution < -0.4 is 14.4 Å². The maximum Gasteiger partial charge on any atom is 0.337 e. The van der Waals surface area contributed by atoms with E-state index in [1.54, 1.807) is 48.5 Å². The van der Waals surface area contributed by atoms with E-state index in [0.29, 0.717) is 33.1 Å². The van der Waals surface area contributed by atoms with Crippen LogP contribution >= 0.6 is 11.6 Å². The van der Waals surface area contributed by atoms with E-state index in [9.17, 15) is 19.5 Å². The third-order valence-electron chi connectivity index (χ3n) is 6.42. The van der Waals surface area contributed by atoms with Crippen LogP contribution in [-0.2, 0) is 9.53 Å². The van der Waals surface area contributed by atoms with E-state index in [4.69, 9.17) is 30.2 Å². The number of carbonyl (C=O) groups is 3. The third kappa shape index (κ3) is 4.46. The van der Waals surface area contributed by atoms with Crippen LogP contribution in [0.5, 0.6) is 11.5 Å². The van der Waals surface area contributed by atoms with Crippen molar-refractivity contribution in [2.75, 3.05) is 26.2 Å². The molecule has 1 aromatic heterocycles. The molecule has 4 aromatic rings. The number of ether oxygens (including phenoxy) is 3.